The molecule has 0 aliphatic carbocycles. The van der Waals surface area contributed by atoms with E-state index in [2.05, 4.69) is 10.6 Å². The number of furan rings is 1. The monoisotopic (exact) mass is 329 g/mol. The highest BCUT2D eigenvalue weighted by molar-refractivity contribution is 5.94. The van der Waals surface area contributed by atoms with Gasteiger partial charge in [-0.25, -0.2) is 0 Å². The first-order chi connectivity index (χ1) is 11.5. The highest BCUT2D eigenvalue weighted by Crippen LogP contribution is 2.13. The SMILES string of the molecule is CCC(C)C(=O)Nc1cccc(CNC(=O)c2coc(CN)c2)c1. The van der Waals surface area contributed by atoms with E-state index >= 15 is 0 Å². The Hall–Kier alpha value is -2.60. The largest absolute Gasteiger partial charge is 0.467 e. The summed E-state index contributed by atoms with van der Waals surface area (Å²) in [5.41, 5.74) is 7.52. The summed E-state index contributed by atoms with van der Waals surface area (Å²) in [6.07, 6.45) is 2.18. The molecule has 0 bridgehead atoms. The van der Waals surface area contributed by atoms with Crippen LogP contribution in [0.3, 0.4) is 0 Å². The Morgan fingerprint density at radius 1 is 1.29 bits per heavy atom. The van der Waals surface area contributed by atoms with E-state index in [9.17, 15) is 9.59 Å². The van der Waals surface area contributed by atoms with Crippen LogP contribution in [-0.4, -0.2) is 11.8 Å². The minimum Gasteiger partial charge on any atom is -0.467 e. The molecule has 1 aromatic heterocycles. The van der Waals surface area contributed by atoms with Crippen LogP contribution in [0.4, 0.5) is 5.69 Å². The van der Waals surface area contributed by atoms with Crippen molar-refractivity contribution in [2.45, 2.75) is 33.4 Å². The molecule has 1 unspecified atom stereocenters. The lowest BCUT2D eigenvalue weighted by molar-refractivity contribution is -0.119. The topological polar surface area (TPSA) is 97.4 Å². The Kier molecular flexibility index (Phi) is 6.14. The molecule has 0 radical (unpaired) electrons. The van der Waals surface area contributed by atoms with Gasteiger partial charge in [0.25, 0.3) is 5.91 Å². The molecule has 24 heavy (non-hydrogen) atoms. The maximum atomic E-state index is 12.1. The van der Waals surface area contributed by atoms with Gasteiger partial charge in [0.05, 0.1) is 12.1 Å². The first kappa shape index (κ1) is 17.7. The average molecular weight is 329 g/mol. The van der Waals surface area contributed by atoms with Gasteiger partial charge in [-0.05, 0) is 30.2 Å². The molecule has 0 spiro atoms. The van der Waals surface area contributed by atoms with Gasteiger partial charge in [0, 0.05) is 18.2 Å². The summed E-state index contributed by atoms with van der Waals surface area (Å²) in [5, 5.41) is 5.70. The van der Waals surface area contributed by atoms with E-state index in [1.54, 1.807) is 6.07 Å². The summed E-state index contributed by atoms with van der Waals surface area (Å²) in [6.45, 7) is 4.47. The summed E-state index contributed by atoms with van der Waals surface area (Å²) < 4.78 is 5.15. The maximum Gasteiger partial charge on any atom is 0.254 e. The van der Waals surface area contributed by atoms with E-state index in [1.165, 1.54) is 6.26 Å². The van der Waals surface area contributed by atoms with Crippen LogP contribution in [-0.2, 0) is 17.9 Å². The molecule has 2 amide bonds. The molecule has 0 fully saturated rings. The van der Waals surface area contributed by atoms with E-state index in [4.69, 9.17) is 10.2 Å². The maximum absolute atomic E-state index is 12.1. The lowest BCUT2D eigenvalue weighted by Crippen LogP contribution is -2.22. The highest BCUT2D eigenvalue weighted by Gasteiger charge is 2.11. The number of amides is 2. The van der Waals surface area contributed by atoms with Crippen molar-refractivity contribution < 1.29 is 14.0 Å². The molecule has 0 aliphatic heterocycles. The predicted octanol–water partition coefficient (Wildman–Crippen LogP) is 2.65. The number of rotatable bonds is 7. The summed E-state index contributed by atoms with van der Waals surface area (Å²) in [5.74, 6) is 0.292. The zero-order chi connectivity index (χ0) is 17.5. The molecule has 6 heteroatoms. The van der Waals surface area contributed by atoms with Crippen molar-refractivity contribution in [1.29, 1.82) is 0 Å². The molecule has 1 aromatic carbocycles. The van der Waals surface area contributed by atoms with E-state index in [1.807, 2.05) is 38.1 Å². The quantitative estimate of drug-likeness (QED) is 0.727. The van der Waals surface area contributed by atoms with Crippen molar-refractivity contribution in [2.75, 3.05) is 5.32 Å². The van der Waals surface area contributed by atoms with Gasteiger partial charge in [0.1, 0.15) is 12.0 Å². The standard InChI is InChI=1S/C18H23N3O3/c1-3-12(2)17(22)21-15-6-4-5-13(7-15)10-20-18(23)14-8-16(9-19)24-11-14/h4-8,11-12H,3,9-10,19H2,1-2H3,(H,20,23)(H,21,22). The molecule has 0 saturated carbocycles. The van der Waals surface area contributed by atoms with E-state index in [-0.39, 0.29) is 24.3 Å². The van der Waals surface area contributed by atoms with Crippen LogP contribution < -0.4 is 16.4 Å². The lowest BCUT2D eigenvalue weighted by Gasteiger charge is -2.11. The number of anilines is 1. The van der Waals surface area contributed by atoms with Crippen LogP contribution in [0.25, 0.3) is 0 Å². The van der Waals surface area contributed by atoms with Gasteiger partial charge < -0.3 is 20.8 Å². The number of benzene rings is 1. The first-order valence-electron chi connectivity index (χ1n) is 7.99. The van der Waals surface area contributed by atoms with Crippen molar-refractivity contribution >= 4 is 17.5 Å². The van der Waals surface area contributed by atoms with Gasteiger partial charge in [-0.2, -0.15) is 0 Å². The van der Waals surface area contributed by atoms with Crippen LogP contribution in [0.5, 0.6) is 0 Å². The molecular weight excluding hydrogens is 306 g/mol. The Morgan fingerprint density at radius 3 is 2.75 bits per heavy atom. The molecule has 2 rings (SSSR count). The van der Waals surface area contributed by atoms with Gasteiger partial charge in [-0.15, -0.1) is 0 Å². The molecule has 2 aromatic rings. The second kappa shape index (κ2) is 8.31. The van der Waals surface area contributed by atoms with Crippen LogP contribution >= 0.6 is 0 Å². The third kappa shape index (κ3) is 4.70. The van der Waals surface area contributed by atoms with Crippen molar-refractivity contribution in [3.63, 3.8) is 0 Å². The predicted molar refractivity (Wildman–Crippen MR) is 92.3 cm³/mol. The van der Waals surface area contributed by atoms with Crippen molar-refractivity contribution in [3.8, 4) is 0 Å². The summed E-state index contributed by atoms with van der Waals surface area (Å²) >= 11 is 0. The fraction of sp³-hybridized carbons (Fsp3) is 0.333. The zero-order valence-corrected chi connectivity index (χ0v) is 14.0. The third-order valence-electron chi connectivity index (χ3n) is 3.82. The fourth-order valence-electron chi connectivity index (χ4n) is 2.10. The molecule has 4 N–H and O–H groups in total. The lowest BCUT2D eigenvalue weighted by atomic mass is 10.1. The molecule has 0 aliphatic rings. The highest BCUT2D eigenvalue weighted by atomic mass is 16.3. The van der Waals surface area contributed by atoms with Crippen molar-refractivity contribution in [2.24, 2.45) is 11.7 Å². The number of hydrogen-bond acceptors (Lipinski definition) is 4. The second-order valence-corrected chi connectivity index (χ2v) is 5.69. The van der Waals surface area contributed by atoms with Crippen molar-refractivity contribution in [1.82, 2.24) is 5.32 Å². The van der Waals surface area contributed by atoms with E-state index in [0.29, 0.717) is 17.9 Å². The van der Waals surface area contributed by atoms with Gasteiger partial charge in [-0.3, -0.25) is 9.59 Å². The minimum absolute atomic E-state index is 0.00797. The minimum atomic E-state index is -0.229. The molecular formula is C18H23N3O3. The summed E-state index contributed by atoms with van der Waals surface area (Å²) in [7, 11) is 0. The normalized spacial score (nSPS) is 11.8. The molecule has 6 nitrogen and oxygen atoms in total. The molecule has 1 heterocycles. The summed E-state index contributed by atoms with van der Waals surface area (Å²) in [6, 6.07) is 9.03. The van der Waals surface area contributed by atoms with Crippen LogP contribution in [0.15, 0.2) is 41.0 Å². The van der Waals surface area contributed by atoms with Gasteiger partial charge in [-0.1, -0.05) is 26.0 Å². The van der Waals surface area contributed by atoms with Crippen LogP contribution in [0.1, 0.15) is 41.9 Å². The fourth-order valence-corrected chi connectivity index (χ4v) is 2.10. The van der Waals surface area contributed by atoms with Crippen molar-refractivity contribution in [3.05, 3.63) is 53.5 Å². The third-order valence-corrected chi connectivity index (χ3v) is 3.82. The number of nitrogens with two attached hydrogens (primary N) is 1. The Morgan fingerprint density at radius 2 is 2.08 bits per heavy atom. The molecule has 1 atom stereocenters. The first-order valence-corrected chi connectivity index (χ1v) is 7.99. The number of hydrogen-bond donors (Lipinski definition) is 3. The van der Waals surface area contributed by atoms with Crippen LogP contribution in [0, 0.1) is 5.92 Å². The molecule has 0 saturated heterocycles. The zero-order valence-electron chi connectivity index (χ0n) is 14.0. The number of nitrogens with one attached hydrogen (secondary N) is 2. The smallest absolute Gasteiger partial charge is 0.254 e. The van der Waals surface area contributed by atoms with Gasteiger partial charge in [0.2, 0.25) is 5.91 Å². The second-order valence-electron chi connectivity index (χ2n) is 5.69. The summed E-state index contributed by atoms with van der Waals surface area (Å²) in [4.78, 5) is 24.0. The number of carbonyl (C=O) groups is 2. The van der Waals surface area contributed by atoms with Crippen LogP contribution in [0.2, 0.25) is 0 Å². The number of carbonyl (C=O) groups excluding carboxylic acids is 2. The van der Waals surface area contributed by atoms with E-state index < -0.39 is 0 Å². The Balaban J connectivity index is 1.94. The molecule has 128 valence electrons. The Bertz CT molecular complexity index is 709. The van der Waals surface area contributed by atoms with Gasteiger partial charge >= 0.3 is 0 Å². The average Bonchev–Trinajstić information content (AvgIpc) is 3.08. The Labute approximate surface area is 141 Å². The van der Waals surface area contributed by atoms with Gasteiger partial charge in [0.15, 0.2) is 0 Å². The van der Waals surface area contributed by atoms with E-state index in [0.717, 1.165) is 17.7 Å².